The lowest BCUT2D eigenvalue weighted by molar-refractivity contribution is 0.222. The Morgan fingerprint density at radius 2 is 2.11 bits per heavy atom. The average Bonchev–Trinajstić information content (AvgIpc) is 2.91. The van der Waals surface area contributed by atoms with Gasteiger partial charge in [-0.3, -0.25) is 0 Å². The monoisotopic (exact) mass is 250 g/mol. The minimum absolute atomic E-state index is 1.12. The molecule has 1 aromatic rings. The number of likely N-dealkylation sites (N-methyl/N-ethyl adjacent to an activating group) is 1. The Morgan fingerprint density at radius 3 is 2.83 bits per heavy atom. The predicted octanol–water partition coefficient (Wildman–Crippen LogP) is 0.784. The first kappa shape index (κ1) is 13.6. The first-order chi connectivity index (χ1) is 8.84. The van der Waals surface area contributed by atoms with Crippen LogP contribution in [0.5, 0.6) is 0 Å². The topological polar surface area (TPSA) is 34.3 Å². The Labute approximate surface area is 110 Å². The van der Waals surface area contributed by atoms with E-state index in [0.717, 1.165) is 26.1 Å². The van der Waals surface area contributed by atoms with Crippen LogP contribution in [-0.4, -0.2) is 67.6 Å². The number of aromatic nitrogens is 1. The van der Waals surface area contributed by atoms with Crippen molar-refractivity contribution >= 4 is 0 Å². The van der Waals surface area contributed by atoms with Gasteiger partial charge in [-0.2, -0.15) is 0 Å². The lowest BCUT2D eigenvalue weighted by Crippen LogP contribution is -2.44. The van der Waals surface area contributed by atoms with Crippen molar-refractivity contribution < 1.29 is 0 Å². The van der Waals surface area contributed by atoms with Crippen molar-refractivity contribution in [3.8, 4) is 0 Å². The maximum Gasteiger partial charge on any atom is 0.0159 e. The van der Waals surface area contributed by atoms with Gasteiger partial charge < -0.3 is 20.1 Å². The van der Waals surface area contributed by atoms with Crippen LogP contribution in [0, 0.1) is 0 Å². The third-order valence-corrected chi connectivity index (χ3v) is 3.65. The van der Waals surface area contributed by atoms with E-state index in [2.05, 4.69) is 39.3 Å². The summed E-state index contributed by atoms with van der Waals surface area (Å²) in [5.41, 5.74) is 1.34. The molecule has 1 aromatic heterocycles. The van der Waals surface area contributed by atoms with E-state index in [1.807, 2.05) is 6.20 Å². The Kier molecular flexibility index (Phi) is 5.71. The molecule has 0 unspecified atom stereocenters. The molecule has 1 fully saturated rings. The number of hydrogen-bond acceptors (Lipinski definition) is 3. The number of piperazine rings is 1. The summed E-state index contributed by atoms with van der Waals surface area (Å²) >= 11 is 0. The SMILES string of the molecule is CN(CCCN1CCNCC1)CCc1ccc[nH]1. The van der Waals surface area contributed by atoms with Gasteiger partial charge in [-0.25, -0.2) is 0 Å². The fourth-order valence-electron chi connectivity index (χ4n) is 2.45. The van der Waals surface area contributed by atoms with E-state index < -0.39 is 0 Å². The Bertz CT molecular complexity index is 304. The highest BCUT2D eigenvalue weighted by molar-refractivity contribution is 5.03. The maximum atomic E-state index is 3.39. The van der Waals surface area contributed by atoms with Gasteiger partial charge in [-0.1, -0.05) is 0 Å². The van der Waals surface area contributed by atoms with Gasteiger partial charge in [0.1, 0.15) is 0 Å². The number of nitrogens with zero attached hydrogens (tertiary/aromatic N) is 2. The molecule has 0 aliphatic carbocycles. The van der Waals surface area contributed by atoms with Gasteiger partial charge in [0.15, 0.2) is 0 Å². The zero-order chi connectivity index (χ0) is 12.6. The summed E-state index contributed by atoms with van der Waals surface area (Å²) in [5, 5.41) is 3.39. The van der Waals surface area contributed by atoms with Crippen molar-refractivity contribution in [1.29, 1.82) is 0 Å². The molecular weight excluding hydrogens is 224 g/mol. The summed E-state index contributed by atoms with van der Waals surface area (Å²) in [5.74, 6) is 0. The Balaban J connectivity index is 1.52. The van der Waals surface area contributed by atoms with Gasteiger partial charge in [0, 0.05) is 51.0 Å². The molecule has 0 saturated carbocycles. The summed E-state index contributed by atoms with van der Waals surface area (Å²) in [4.78, 5) is 8.26. The zero-order valence-corrected chi connectivity index (χ0v) is 11.5. The van der Waals surface area contributed by atoms with Crippen LogP contribution >= 0.6 is 0 Å². The molecule has 102 valence electrons. The van der Waals surface area contributed by atoms with Crippen LogP contribution in [0.3, 0.4) is 0 Å². The summed E-state index contributed by atoms with van der Waals surface area (Å²) in [6.07, 6.45) is 4.40. The van der Waals surface area contributed by atoms with Gasteiger partial charge in [0.25, 0.3) is 0 Å². The van der Waals surface area contributed by atoms with Crippen LogP contribution in [0.4, 0.5) is 0 Å². The average molecular weight is 250 g/mol. The molecule has 1 aliphatic heterocycles. The molecule has 1 aliphatic rings. The molecule has 0 radical (unpaired) electrons. The molecule has 0 spiro atoms. The predicted molar refractivity (Wildman–Crippen MR) is 75.9 cm³/mol. The second-order valence-corrected chi connectivity index (χ2v) is 5.19. The minimum atomic E-state index is 1.12. The number of H-pyrrole nitrogens is 1. The van der Waals surface area contributed by atoms with Crippen LogP contribution in [0.25, 0.3) is 0 Å². The summed E-state index contributed by atoms with van der Waals surface area (Å²) in [6, 6.07) is 4.23. The van der Waals surface area contributed by atoms with Gasteiger partial charge >= 0.3 is 0 Å². The highest BCUT2D eigenvalue weighted by Crippen LogP contribution is 1.99. The van der Waals surface area contributed by atoms with Crippen molar-refractivity contribution in [2.24, 2.45) is 0 Å². The van der Waals surface area contributed by atoms with Gasteiger partial charge in [0.2, 0.25) is 0 Å². The van der Waals surface area contributed by atoms with E-state index in [1.54, 1.807) is 0 Å². The molecule has 0 aromatic carbocycles. The molecule has 0 amide bonds. The lowest BCUT2D eigenvalue weighted by Gasteiger charge is -2.27. The molecule has 2 N–H and O–H groups in total. The Morgan fingerprint density at radius 1 is 1.28 bits per heavy atom. The molecular formula is C14H26N4. The first-order valence-corrected chi connectivity index (χ1v) is 7.08. The molecule has 2 heterocycles. The van der Waals surface area contributed by atoms with Crippen LogP contribution in [-0.2, 0) is 6.42 Å². The largest absolute Gasteiger partial charge is 0.365 e. The highest BCUT2D eigenvalue weighted by atomic mass is 15.2. The standard InChI is InChI=1S/C14H26N4/c1-17(11-5-14-4-2-6-16-14)9-3-10-18-12-7-15-8-13-18/h2,4,6,15-16H,3,5,7-13H2,1H3. The first-order valence-electron chi connectivity index (χ1n) is 7.08. The second kappa shape index (κ2) is 7.56. The van der Waals surface area contributed by atoms with Crippen molar-refractivity contribution in [3.05, 3.63) is 24.0 Å². The highest BCUT2D eigenvalue weighted by Gasteiger charge is 2.09. The maximum absolute atomic E-state index is 3.39. The summed E-state index contributed by atoms with van der Waals surface area (Å²) in [6.45, 7) is 8.32. The Hall–Kier alpha value is -0.840. The van der Waals surface area contributed by atoms with Crippen LogP contribution in [0.1, 0.15) is 12.1 Å². The lowest BCUT2D eigenvalue weighted by atomic mass is 10.2. The second-order valence-electron chi connectivity index (χ2n) is 5.19. The van der Waals surface area contributed by atoms with Crippen LogP contribution < -0.4 is 5.32 Å². The fraction of sp³-hybridized carbons (Fsp3) is 0.714. The third-order valence-electron chi connectivity index (χ3n) is 3.65. The summed E-state index contributed by atoms with van der Waals surface area (Å²) in [7, 11) is 2.22. The third kappa shape index (κ3) is 4.80. The number of aromatic amines is 1. The summed E-state index contributed by atoms with van der Waals surface area (Å²) < 4.78 is 0. The van der Waals surface area contributed by atoms with Gasteiger partial charge in [-0.05, 0) is 38.7 Å². The van der Waals surface area contributed by atoms with Gasteiger partial charge in [-0.15, -0.1) is 0 Å². The quantitative estimate of drug-likeness (QED) is 0.751. The van der Waals surface area contributed by atoms with Crippen molar-refractivity contribution in [2.75, 3.05) is 52.9 Å². The zero-order valence-electron chi connectivity index (χ0n) is 11.5. The van der Waals surface area contributed by atoms with Gasteiger partial charge in [0.05, 0.1) is 0 Å². The van der Waals surface area contributed by atoms with Crippen LogP contribution in [0.15, 0.2) is 18.3 Å². The molecule has 4 nitrogen and oxygen atoms in total. The molecule has 18 heavy (non-hydrogen) atoms. The number of rotatable bonds is 7. The minimum Gasteiger partial charge on any atom is -0.365 e. The number of hydrogen-bond donors (Lipinski definition) is 2. The molecule has 0 bridgehead atoms. The van der Waals surface area contributed by atoms with E-state index in [4.69, 9.17) is 0 Å². The molecule has 1 saturated heterocycles. The molecule has 4 heteroatoms. The van der Waals surface area contributed by atoms with Crippen molar-refractivity contribution in [2.45, 2.75) is 12.8 Å². The van der Waals surface area contributed by atoms with Crippen molar-refractivity contribution in [3.63, 3.8) is 0 Å². The smallest absolute Gasteiger partial charge is 0.0159 e. The van der Waals surface area contributed by atoms with Crippen molar-refractivity contribution in [1.82, 2.24) is 20.1 Å². The van der Waals surface area contributed by atoms with E-state index >= 15 is 0 Å². The fourth-order valence-corrected chi connectivity index (χ4v) is 2.45. The normalized spacial score (nSPS) is 17.4. The van der Waals surface area contributed by atoms with E-state index in [1.165, 1.54) is 38.3 Å². The van der Waals surface area contributed by atoms with Crippen LogP contribution in [0.2, 0.25) is 0 Å². The van der Waals surface area contributed by atoms with E-state index in [0.29, 0.717) is 0 Å². The molecule has 0 atom stereocenters. The molecule has 2 rings (SSSR count). The number of nitrogens with one attached hydrogen (secondary N) is 2. The van der Waals surface area contributed by atoms with E-state index in [-0.39, 0.29) is 0 Å². The van der Waals surface area contributed by atoms with E-state index in [9.17, 15) is 0 Å².